The number of aliphatic hydroxyl groups is 1. The van der Waals surface area contributed by atoms with Gasteiger partial charge in [0, 0.05) is 17.2 Å². The highest BCUT2D eigenvalue weighted by Crippen LogP contribution is 2.24. The molecule has 112 valence electrons. The number of benzene rings is 1. The highest BCUT2D eigenvalue weighted by atomic mass is 16.2. The summed E-state index contributed by atoms with van der Waals surface area (Å²) in [6.07, 6.45) is 4.71. The van der Waals surface area contributed by atoms with Gasteiger partial charge in [-0.25, -0.2) is 0 Å². The Hall–Kier alpha value is -1.79. The molecular weight excluding hydrogens is 262 g/mol. The molecule has 0 bridgehead atoms. The van der Waals surface area contributed by atoms with Crippen molar-refractivity contribution in [3.05, 3.63) is 34.9 Å². The number of aryl methyl sites for hydroxylation is 1. The third-order valence-electron chi connectivity index (χ3n) is 4.22. The van der Waals surface area contributed by atoms with Gasteiger partial charge in [0.1, 0.15) is 6.61 Å². The second-order valence-electron chi connectivity index (χ2n) is 5.83. The van der Waals surface area contributed by atoms with E-state index in [-0.39, 0.29) is 18.6 Å². The lowest BCUT2D eigenvalue weighted by Gasteiger charge is -2.29. The van der Waals surface area contributed by atoms with E-state index in [2.05, 4.69) is 24.1 Å². The molecule has 1 aliphatic carbocycles. The Kier molecular flexibility index (Phi) is 5.41. The van der Waals surface area contributed by atoms with Crippen molar-refractivity contribution in [2.24, 2.45) is 5.92 Å². The molecule has 2 unspecified atom stereocenters. The van der Waals surface area contributed by atoms with Gasteiger partial charge >= 0.3 is 0 Å². The smallest absolute Gasteiger partial charge is 0.251 e. The van der Waals surface area contributed by atoms with Gasteiger partial charge in [-0.15, -0.1) is 0 Å². The number of hydrogen-bond acceptors (Lipinski definition) is 2. The van der Waals surface area contributed by atoms with E-state index in [1.54, 1.807) is 6.07 Å². The highest BCUT2D eigenvalue weighted by molar-refractivity contribution is 5.96. The summed E-state index contributed by atoms with van der Waals surface area (Å²) in [5.74, 6) is 5.99. The van der Waals surface area contributed by atoms with Crippen molar-refractivity contribution in [2.45, 2.75) is 45.6 Å². The van der Waals surface area contributed by atoms with E-state index >= 15 is 0 Å². The number of carbonyl (C=O) groups is 1. The van der Waals surface area contributed by atoms with E-state index in [0.29, 0.717) is 11.5 Å². The van der Waals surface area contributed by atoms with Crippen molar-refractivity contribution in [3.63, 3.8) is 0 Å². The topological polar surface area (TPSA) is 49.3 Å². The second kappa shape index (κ2) is 7.28. The first-order valence-electron chi connectivity index (χ1n) is 7.63. The van der Waals surface area contributed by atoms with Gasteiger partial charge in [-0.3, -0.25) is 4.79 Å². The zero-order valence-electron chi connectivity index (χ0n) is 12.8. The first-order chi connectivity index (χ1) is 10.1. The van der Waals surface area contributed by atoms with Gasteiger partial charge in [-0.2, -0.15) is 0 Å². The second-order valence-corrected chi connectivity index (χ2v) is 5.83. The van der Waals surface area contributed by atoms with Crippen molar-refractivity contribution in [3.8, 4) is 11.8 Å². The van der Waals surface area contributed by atoms with Gasteiger partial charge in [-0.1, -0.05) is 37.7 Å². The van der Waals surface area contributed by atoms with Crippen LogP contribution in [-0.2, 0) is 0 Å². The number of rotatable bonds is 2. The molecule has 1 aromatic rings. The molecule has 2 rings (SSSR count). The molecule has 3 heteroatoms. The lowest BCUT2D eigenvalue weighted by molar-refractivity contribution is 0.0909. The summed E-state index contributed by atoms with van der Waals surface area (Å²) < 4.78 is 0. The predicted molar refractivity (Wildman–Crippen MR) is 84.0 cm³/mol. The number of hydrogen-bond donors (Lipinski definition) is 2. The van der Waals surface area contributed by atoms with Crippen molar-refractivity contribution in [1.82, 2.24) is 5.32 Å². The van der Waals surface area contributed by atoms with Crippen LogP contribution in [0.5, 0.6) is 0 Å². The molecule has 1 aromatic carbocycles. The van der Waals surface area contributed by atoms with Crippen LogP contribution in [-0.4, -0.2) is 23.7 Å². The molecular formula is C18H23NO2. The minimum absolute atomic E-state index is 0.0149. The maximum absolute atomic E-state index is 12.5. The fourth-order valence-corrected chi connectivity index (χ4v) is 2.86. The van der Waals surface area contributed by atoms with Gasteiger partial charge in [0.15, 0.2) is 0 Å². The molecule has 21 heavy (non-hydrogen) atoms. The Morgan fingerprint density at radius 3 is 2.86 bits per heavy atom. The first-order valence-corrected chi connectivity index (χ1v) is 7.63. The van der Waals surface area contributed by atoms with E-state index in [0.717, 1.165) is 17.5 Å². The van der Waals surface area contributed by atoms with Crippen LogP contribution in [0.25, 0.3) is 0 Å². The van der Waals surface area contributed by atoms with Crippen molar-refractivity contribution >= 4 is 5.91 Å². The minimum atomic E-state index is -0.172. The normalized spacial score (nSPS) is 21.3. The third-order valence-corrected chi connectivity index (χ3v) is 4.22. The predicted octanol–water partition coefficient (Wildman–Crippen LogP) is 2.65. The average Bonchev–Trinajstić information content (AvgIpc) is 2.48. The molecule has 1 saturated carbocycles. The zero-order valence-corrected chi connectivity index (χ0v) is 12.8. The van der Waals surface area contributed by atoms with Crippen LogP contribution in [0.3, 0.4) is 0 Å². The minimum Gasteiger partial charge on any atom is -0.384 e. The summed E-state index contributed by atoms with van der Waals surface area (Å²) in [7, 11) is 0. The fourth-order valence-electron chi connectivity index (χ4n) is 2.86. The number of carbonyl (C=O) groups excluding carboxylic acids is 1. The van der Waals surface area contributed by atoms with Crippen LogP contribution in [0.1, 0.15) is 54.1 Å². The van der Waals surface area contributed by atoms with Crippen LogP contribution in [0, 0.1) is 24.7 Å². The Balaban J connectivity index is 2.14. The van der Waals surface area contributed by atoms with E-state index in [4.69, 9.17) is 5.11 Å². The van der Waals surface area contributed by atoms with E-state index in [1.165, 1.54) is 19.3 Å². The lowest BCUT2D eigenvalue weighted by atomic mass is 9.85. The van der Waals surface area contributed by atoms with Gasteiger partial charge in [0.25, 0.3) is 5.91 Å². The maximum Gasteiger partial charge on any atom is 0.251 e. The van der Waals surface area contributed by atoms with Gasteiger partial charge in [0.2, 0.25) is 0 Å². The summed E-state index contributed by atoms with van der Waals surface area (Å²) in [6.45, 7) is 3.97. The summed E-state index contributed by atoms with van der Waals surface area (Å²) in [5.41, 5.74) is 2.39. The molecule has 2 N–H and O–H groups in total. The molecule has 0 saturated heterocycles. The quantitative estimate of drug-likeness (QED) is 0.821. The third kappa shape index (κ3) is 4.09. The summed E-state index contributed by atoms with van der Waals surface area (Å²) in [5, 5.41) is 11.9. The van der Waals surface area contributed by atoms with Gasteiger partial charge in [0.05, 0.1) is 0 Å². The van der Waals surface area contributed by atoms with Gasteiger partial charge in [-0.05, 0) is 43.4 Å². The zero-order chi connectivity index (χ0) is 15.2. The Bertz CT molecular complexity index is 568. The SMILES string of the molecule is Cc1ccc(C#CCO)cc1C(=O)NC1CCCCC1C. The lowest BCUT2D eigenvalue weighted by Crippen LogP contribution is -2.41. The average molecular weight is 285 g/mol. The monoisotopic (exact) mass is 285 g/mol. The number of aliphatic hydroxyl groups excluding tert-OH is 1. The highest BCUT2D eigenvalue weighted by Gasteiger charge is 2.23. The standard InChI is InChI=1S/C18H23NO2/c1-13-9-10-15(7-5-11-20)12-16(13)18(21)19-17-8-4-3-6-14(17)2/h9-10,12,14,17,20H,3-4,6,8,11H2,1-2H3,(H,19,21). The first kappa shape index (κ1) is 15.6. The number of nitrogens with one attached hydrogen (secondary N) is 1. The molecule has 3 nitrogen and oxygen atoms in total. The maximum atomic E-state index is 12.5. The number of amides is 1. The van der Waals surface area contributed by atoms with E-state index in [1.807, 2.05) is 19.1 Å². The Morgan fingerprint density at radius 2 is 2.14 bits per heavy atom. The molecule has 1 aliphatic rings. The molecule has 0 radical (unpaired) electrons. The van der Waals surface area contributed by atoms with Crippen LogP contribution in [0.4, 0.5) is 0 Å². The van der Waals surface area contributed by atoms with Crippen LogP contribution < -0.4 is 5.32 Å². The molecule has 2 atom stereocenters. The van der Waals surface area contributed by atoms with Crippen molar-refractivity contribution in [1.29, 1.82) is 0 Å². The van der Waals surface area contributed by atoms with E-state index < -0.39 is 0 Å². The molecule has 0 aliphatic heterocycles. The van der Waals surface area contributed by atoms with Crippen molar-refractivity contribution in [2.75, 3.05) is 6.61 Å². The van der Waals surface area contributed by atoms with Crippen LogP contribution in [0.2, 0.25) is 0 Å². The van der Waals surface area contributed by atoms with Crippen molar-refractivity contribution < 1.29 is 9.90 Å². The van der Waals surface area contributed by atoms with Crippen LogP contribution >= 0.6 is 0 Å². The molecule has 0 heterocycles. The molecule has 0 spiro atoms. The van der Waals surface area contributed by atoms with Crippen LogP contribution in [0.15, 0.2) is 18.2 Å². The summed E-state index contributed by atoms with van der Waals surface area (Å²) >= 11 is 0. The largest absolute Gasteiger partial charge is 0.384 e. The Labute approximate surface area is 126 Å². The molecule has 0 aromatic heterocycles. The van der Waals surface area contributed by atoms with E-state index in [9.17, 15) is 4.79 Å². The molecule has 1 amide bonds. The Morgan fingerprint density at radius 1 is 1.38 bits per heavy atom. The molecule has 1 fully saturated rings. The van der Waals surface area contributed by atoms with Gasteiger partial charge < -0.3 is 10.4 Å². The fraction of sp³-hybridized carbons (Fsp3) is 0.500. The summed E-state index contributed by atoms with van der Waals surface area (Å²) in [4.78, 5) is 12.5. The summed E-state index contributed by atoms with van der Waals surface area (Å²) in [6, 6.07) is 5.86.